The molecule has 0 spiro atoms. The van der Waals surface area contributed by atoms with Gasteiger partial charge in [0, 0.05) is 32.9 Å². The lowest BCUT2D eigenvalue weighted by Gasteiger charge is -2.22. The normalized spacial score (nSPS) is 17.2. The average Bonchev–Trinajstić information content (AvgIpc) is 3.00. The van der Waals surface area contributed by atoms with Gasteiger partial charge in [-0.25, -0.2) is 15.0 Å². The van der Waals surface area contributed by atoms with Crippen molar-refractivity contribution in [2.24, 2.45) is 4.99 Å². The van der Waals surface area contributed by atoms with E-state index in [-0.39, 0.29) is 5.91 Å². The van der Waals surface area contributed by atoms with E-state index in [9.17, 15) is 4.79 Å². The number of para-hydroxylation sites is 1. The Morgan fingerprint density at radius 2 is 1.64 bits per heavy atom. The van der Waals surface area contributed by atoms with Crippen LogP contribution in [0.2, 0.25) is 0 Å². The Labute approximate surface area is 171 Å². The van der Waals surface area contributed by atoms with Crippen molar-refractivity contribution in [2.45, 2.75) is 13.8 Å². The van der Waals surface area contributed by atoms with Crippen molar-refractivity contribution in [1.82, 2.24) is 10.0 Å². The summed E-state index contributed by atoms with van der Waals surface area (Å²) in [7, 11) is 3.70. The van der Waals surface area contributed by atoms with Crippen LogP contribution in [0, 0.1) is 0 Å². The minimum atomic E-state index is -0.0579. The van der Waals surface area contributed by atoms with Crippen molar-refractivity contribution >= 4 is 40.3 Å². The molecule has 0 bridgehead atoms. The van der Waals surface area contributed by atoms with Crippen LogP contribution in [0.25, 0.3) is 6.08 Å². The zero-order chi connectivity index (χ0) is 20.1. The zero-order valence-corrected chi connectivity index (χ0v) is 17.6. The van der Waals surface area contributed by atoms with E-state index in [1.54, 1.807) is 10.0 Å². The molecule has 0 saturated carbocycles. The van der Waals surface area contributed by atoms with Crippen LogP contribution in [0.4, 0.5) is 11.4 Å². The van der Waals surface area contributed by atoms with Gasteiger partial charge in [0.2, 0.25) is 0 Å². The van der Waals surface area contributed by atoms with Gasteiger partial charge < -0.3 is 4.90 Å². The molecule has 146 valence electrons. The summed E-state index contributed by atoms with van der Waals surface area (Å²) in [4.78, 5) is 20.5. The van der Waals surface area contributed by atoms with Crippen LogP contribution in [-0.2, 0) is 4.79 Å². The molecular formula is C22H26N4OS. The van der Waals surface area contributed by atoms with E-state index in [2.05, 4.69) is 48.0 Å². The second kappa shape index (κ2) is 9.08. The maximum absolute atomic E-state index is 12.9. The quantitative estimate of drug-likeness (QED) is 0.671. The fourth-order valence-corrected chi connectivity index (χ4v) is 4.07. The molecule has 0 aromatic heterocycles. The molecule has 1 heterocycles. The van der Waals surface area contributed by atoms with E-state index in [4.69, 9.17) is 0 Å². The van der Waals surface area contributed by atoms with Gasteiger partial charge in [-0.1, -0.05) is 30.3 Å². The van der Waals surface area contributed by atoms with Gasteiger partial charge >= 0.3 is 0 Å². The lowest BCUT2D eigenvalue weighted by Crippen LogP contribution is -2.40. The van der Waals surface area contributed by atoms with E-state index in [0.717, 1.165) is 24.3 Å². The summed E-state index contributed by atoms with van der Waals surface area (Å²) in [6.07, 6.45) is 1.93. The van der Waals surface area contributed by atoms with Crippen molar-refractivity contribution in [2.75, 3.05) is 32.1 Å². The summed E-state index contributed by atoms with van der Waals surface area (Å²) < 4.78 is 0. The number of anilines is 1. The minimum absolute atomic E-state index is 0.0579. The first-order chi connectivity index (χ1) is 13.5. The Bertz CT molecular complexity index is 871. The summed E-state index contributed by atoms with van der Waals surface area (Å²) in [6.45, 7) is 6.25. The fourth-order valence-electron chi connectivity index (χ4n) is 3.03. The third kappa shape index (κ3) is 4.46. The summed E-state index contributed by atoms with van der Waals surface area (Å²) >= 11 is 1.40. The molecule has 2 aromatic carbocycles. The third-order valence-electron chi connectivity index (χ3n) is 4.49. The largest absolute Gasteiger partial charge is 0.372 e. The molecule has 2 aromatic rings. The summed E-state index contributed by atoms with van der Waals surface area (Å²) in [5.41, 5.74) is 3.03. The molecule has 0 radical (unpaired) electrons. The van der Waals surface area contributed by atoms with Crippen LogP contribution in [-0.4, -0.2) is 48.3 Å². The number of amidine groups is 1. The maximum Gasteiger partial charge on any atom is 0.281 e. The van der Waals surface area contributed by atoms with Gasteiger partial charge in [-0.05, 0) is 61.5 Å². The molecule has 1 aliphatic heterocycles. The number of carbonyl (C=O) groups is 1. The van der Waals surface area contributed by atoms with Crippen molar-refractivity contribution in [3.63, 3.8) is 0 Å². The van der Waals surface area contributed by atoms with E-state index >= 15 is 0 Å². The smallest absolute Gasteiger partial charge is 0.281 e. The van der Waals surface area contributed by atoms with Gasteiger partial charge in [-0.15, -0.1) is 0 Å². The highest BCUT2D eigenvalue weighted by Crippen LogP contribution is 2.34. The highest BCUT2D eigenvalue weighted by atomic mass is 32.2. The van der Waals surface area contributed by atoms with Crippen molar-refractivity contribution in [1.29, 1.82) is 0 Å². The molecule has 28 heavy (non-hydrogen) atoms. The number of hydrogen-bond acceptors (Lipinski definition) is 5. The first-order valence-electron chi connectivity index (χ1n) is 9.43. The minimum Gasteiger partial charge on any atom is -0.372 e. The van der Waals surface area contributed by atoms with Gasteiger partial charge in [0.05, 0.1) is 10.6 Å². The van der Waals surface area contributed by atoms with Gasteiger partial charge in [0.1, 0.15) is 0 Å². The molecule has 0 atom stereocenters. The van der Waals surface area contributed by atoms with Gasteiger partial charge in [-0.2, -0.15) is 0 Å². The highest BCUT2D eigenvalue weighted by Gasteiger charge is 2.35. The van der Waals surface area contributed by atoms with Crippen LogP contribution in [0.1, 0.15) is 19.4 Å². The van der Waals surface area contributed by atoms with E-state index in [1.165, 1.54) is 17.4 Å². The number of hydrazine groups is 1. The Morgan fingerprint density at radius 1 is 1.00 bits per heavy atom. The van der Waals surface area contributed by atoms with Gasteiger partial charge in [0.15, 0.2) is 5.17 Å². The molecule has 6 heteroatoms. The van der Waals surface area contributed by atoms with Crippen LogP contribution < -0.4 is 4.90 Å². The molecule has 1 fully saturated rings. The molecular weight excluding hydrogens is 368 g/mol. The SMILES string of the molecule is CCN(CC)c1ccc(C=C2SC(=Nc3ccccc3)N(N(C)C)C2=O)cc1. The molecule has 0 aliphatic carbocycles. The Morgan fingerprint density at radius 3 is 2.21 bits per heavy atom. The number of amides is 1. The second-order valence-corrected chi connectivity index (χ2v) is 7.58. The monoisotopic (exact) mass is 394 g/mol. The average molecular weight is 395 g/mol. The number of carbonyl (C=O) groups excluding carboxylic acids is 1. The molecule has 3 rings (SSSR count). The highest BCUT2D eigenvalue weighted by molar-refractivity contribution is 8.18. The first kappa shape index (κ1) is 20.2. The molecule has 1 saturated heterocycles. The Balaban J connectivity index is 1.88. The number of rotatable bonds is 6. The topological polar surface area (TPSA) is 39.1 Å². The van der Waals surface area contributed by atoms with Crippen molar-refractivity contribution in [3.05, 3.63) is 65.1 Å². The Kier molecular flexibility index (Phi) is 6.54. The molecule has 1 amide bonds. The number of aliphatic imine (C=N–C) groups is 1. The predicted molar refractivity (Wildman–Crippen MR) is 120 cm³/mol. The molecule has 0 N–H and O–H groups in total. The number of hydrogen-bond donors (Lipinski definition) is 0. The molecule has 0 unspecified atom stereocenters. The first-order valence-corrected chi connectivity index (χ1v) is 10.2. The Hall–Kier alpha value is -2.57. The van der Waals surface area contributed by atoms with Gasteiger partial charge in [0.25, 0.3) is 5.91 Å². The van der Waals surface area contributed by atoms with E-state index < -0.39 is 0 Å². The second-order valence-electron chi connectivity index (χ2n) is 6.57. The van der Waals surface area contributed by atoms with Crippen molar-refractivity contribution < 1.29 is 4.79 Å². The summed E-state index contributed by atoms with van der Waals surface area (Å²) in [6, 6.07) is 18.0. The summed E-state index contributed by atoms with van der Waals surface area (Å²) in [5.74, 6) is -0.0579. The molecule has 5 nitrogen and oxygen atoms in total. The number of nitrogens with zero attached hydrogens (tertiary/aromatic N) is 4. The van der Waals surface area contributed by atoms with E-state index in [0.29, 0.717) is 10.1 Å². The lowest BCUT2D eigenvalue weighted by atomic mass is 10.1. The maximum atomic E-state index is 12.9. The van der Waals surface area contributed by atoms with Crippen LogP contribution in [0.3, 0.4) is 0 Å². The zero-order valence-electron chi connectivity index (χ0n) is 16.8. The van der Waals surface area contributed by atoms with Gasteiger partial charge in [-0.3, -0.25) is 4.79 Å². The summed E-state index contributed by atoms with van der Waals surface area (Å²) in [5, 5.41) is 4.03. The number of benzene rings is 2. The number of thioether (sulfide) groups is 1. The van der Waals surface area contributed by atoms with Crippen molar-refractivity contribution in [3.8, 4) is 0 Å². The van der Waals surface area contributed by atoms with Crippen LogP contribution in [0.5, 0.6) is 0 Å². The lowest BCUT2D eigenvalue weighted by molar-refractivity contribution is -0.130. The predicted octanol–water partition coefficient (Wildman–Crippen LogP) is 4.61. The third-order valence-corrected chi connectivity index (χ3v) is 5.45. The standard InChI is InChI=1S/C22H26N4OS/c1-5-25(6-2)19-14-12-17(13-15-19)16-20-21(27)26(24(3)4)22(28-20)23-18-10-8-7-9-11-18/h7-16H,5-6H2,1-4H3. The van der Waals surface area contributed by atoms with Crippen LogP contribution >= 0.6 is 11.8 Å². The van der Waals surface area contributed by atoms with Crippen LogP contribution in [0.15, 0.2) is 64.5 Å². The van der Waals surface area contributed by atoms with E-state index in [1.807, 2.05) is 50.5 Å². The molecule has 1 aliphatic rings. The fraction of sp³-hybridized carbons (Fsp3) is 0.273.